The Morgan fingerprint density at radius 3 is 2.12 bits per heavy atom. The number of hydrogen-bond donors (Lipinski definition) is 2. The second kappa shape index (κ2) is 4.04. The van der Waals surface area contributed by atoms with Crippen molar-refractivity contribution in [2.75, 3.05) is 0 Å². The van der Waals surface area contributed by atoms with Crippen LogP contribution in [0.4, 0.5) is 13.2 Å². The zero-order chi connectivity index (χ0) is 12.6. The van der Waals surface area contributed by atoms with Crippen molar-refractivity contribution < 1.29 is 31.2 Å². The Bertz CT molecular complexity index is 480. The van der Waals surface area contributed by atoms with Gasteiger partial charge in [-0.15, -0.1) is 0 Å². The molecule has 0 saturated heterocycles. The maximum atomic E-state index is 12.4. The monoisotopic (exact) mass is 256 g/mol. The Balaban J connectivity index is 3.36. The highest BCUT2D eigenvalue weighted by atomic mass is 32.2. The van der Waals surface area contributed by atoms with Gasteiger partial charge in [0.2, 0.25) is 5.44 Å². The van der Waals surface area contributed by atoms with Crippen molar-refractivity contribution in [3.8, 4) is 0 Å². The standard InChI is InChI=1S/C8H7F3O4S/c9-8(10,11)6-4-2-1-3-5(6)7(12)16(13,14)15/h1-4,7,12H,(H,13,14,15). The molecule has 0 aromatic heterocycles. The van der Waals surface area contributed by atoms with E-state index in [9.17, 15) is 21.6 Å². The molecule has 0 spiro atoms. The van der Waals surface area contributed by atoms with Crippen LogP contribution < -0.4 is 0 Å². The third-order valence-electron chi connectivity index (χ3n) is 1.81. The van der Waals surface area contributed by atoms with Gasteiger partial charge in [-0.25, -0.2) is 0 Å². The fourth-order valence-electron chi connectivity index (χ4n) is 1.13. The molecule has 90 valence electrons. The van der Waals surface area contributed by atoms with Crippen LogP contribution in [0.5, 0.6) is 0 Å². The largest absolute Gasteiger partial charge is 0.416 e. The summed E-state index contributed by atoms with van der Waals surface area (Å²) in [6.07, 6.45) is -4.80. The molecule has 1 rings (SSSR count). The molecule has 0 aliphatic rings. The highest BCUT2D eigenvalue weighted by Gasteiger charge is 2.37. The number of benzene rings is 1. The Morgan fingerprint density at radius 1 is 1.19 bits per heavy atom. The third-order valence-corrected chi connectivity index (χ3v) is 2.63. The molecule has 0 bridgehead atoms. The topological polar surface area (TPSA) is 74.6 Å². The summed E-state index contributed by atoms with van der Waals surface area (Å²) in [4.78, 5) is 0. The van der Waals surface area contributed by atoms with Crippen molar-refractivity contribution in [1.82, 2.24) is 0 Å². The first-order valence-electron chi connectivity index (χ1n) is 3.94. The SMILES string of the molecule is O=S(=O)(O)C(O)c1ccccc1C(F)(F)F. The van der Waals surface area contributed by atoms with Crippen LogP contribution in [0.15, 0.2) is 24.3 Å². The number of aliphatic hydroxyl groups is 1. The quantitative estimate of drug-likeness (QED) is 0.788. The molecule has 0 aliphatic carbocycles. The van der Waals surface area contributed by atoms with Crippen LogP contribution in [-0.4, -0.2) is 18.1 Å². The fourth-order valence-corrected chi connectivity index (χ4v) is 1.66. The lowest BCUT2D eigenvalue weighted by Crippen LogP contribution is -2.17. The van der Waals surface area contributed by atoms with E-state index in [2.05, 4.69) is 0 Å². The smallest absolute Gasteiger partial charge is 0.371 e. The summed E-state index contributed by atoms with van der Waals surface area (Å²) >= 11 is 0. The number of rotatable bonds is 2. The number of aliphatic hydroxyl groups excluding tert-OH is 1. The van der Waals surface area contributed by atoms with Gasteiger partial charge < -0.3 is 5.11 Å². The van der Waals surface area contributed by atoms with Gasteiger partial charge in [-0.2, -0.15) is 21.6 Å². The van der Waals surface area contributed by atoms with E-state index >= 15 is 0 Å². The van der Waals surface area contributed by atoms with Crippen LogP contribution in [0.3, 0.4) is 0 Å². The third kappa shape index (κ3) is 2.71. The second-order valence-corrected chi connectivity index (χ2v) is 4.43. The van der Waals surface area contributed by atoms with Crippen LogP contribution in [0, 0.1) is 0 Å². The van der Waals surface area contributed by atoms with Gasteiger partial charge in [0.15, 0.2) is 0 Å². The Morgan fingerprint density at radius 2 is 1.69 bits per heavy atom. The summed E-state index contributed by atoms with van der Waals surface area (Å²) in [7, 11) is -4.98. The van der Waals surface area contributed by atoms with E-state index in [-0.39, 0.29) is 0 Å². The van der Waals surface area contributed by atoms with Crippen molar-refractivity contribution in [2.45, 2.75) is 11.6 Å². The summed E-state index contributed by atoms with van der Waals surface area (Å²) in [5.74, 6) is 0. The van der Waals surface area contributed by atoms with Gasteiger partial charge in [0.05, 0.1) is 5.56 Å². The predicted octanol–water partition coefficient (Wildman–Crippen LogP) is 1.58. The van der Waals surface area contributed by atoms with E-state index in [4.69, 9.17) is 9.66 Å². The number of hydrogen-bond acceptors (Lipinski definition) is 3. The lowest BCUT2D eigenvalue weighted by Gasteiger charge is -2.15. The predicted molar refractivity (Wildman–Crippen MR) is 48.0 cm³/mol. The van der Waals surface area contributed by atoms with Crippen molar-refractivity contribution in [1.29, 1.82) is 0 Å². The number of halogens is 3. The fraction of sp³-hybridized carbons (Fsp3) is 0.250. The molecule has 0 radical (unpaired) electrons. The lowest BCUT2D eigenvalue weighted by molar-refractivity contribution is -0.138. The molecule has 2 N–H and O–H groups in total. The Labute approximate surface area is 89.1 Å². The summed E-state index contributed by atoms with van der Waals surface area (Å²) in [6.45, 7) is 0. The van der Waals surface area contributed by atoms with Crippen molar-refractivity contribution in [3.63, 3.8) is 0 Å². The molecule has 0 fully saturated rings. The van der Waals surface area contributed by atoms with Crippen molar-refractivity contribution >= 4 is 10.1 Å². The molecule has 1 aromatic carbocycles. The normalized spacial score (nSPS) is 14.8. The summed E-state index contributed by atoms with van der Waals surface area (Å²) in [5, 5.41) is 9.06. The van der Waals surface area contributed by atoms with Gasteiger partial charge in [-0.3, -0.25) is 4.55 Å². The first-order chi connectivity index (χ1) is 7.14. The molecule has 0 heterocycles. The van der Waals surface area contributed by atoms with Crippen LogP contribution in [-0.2, 0) is 16.3 Å². The van der Waals surface area contributed by atoms with E-state index in [0.29, 0.717) is 6.07 Å². The molecule has 4 nitrogen and oxygen atoms in total. The summed E-state index contributed by atoms with van der Waals surface area (Å²) in [5.41, 5.74) is -4.82. The molecule has 1 aromatic rings. The average Bonchev–Trinajstić information content (AvgIpc) is 2.14. The molecule has 8 heteroatoms. The zero-order valence-corrected chi connectivity index (χ0v) is 8.46. The van der Waals surface area contributed by atoms with E-state index in [0.717, 1.165) is 18.2 Å². The number of alkyl halides is 3. The van der Waals surface area contributed by atoms with Crippen LogP contribution >= 0.6 is 0 Å². The van der Waals surface area contributed by atoms with Crippen LogP contribution in [0.1, 0.15) is 16.6 Å². The molecule has 16 heavy (non-hydrogen) atoms. The van der Waals surface area contributed by atoms with Crippen LogP contribution in [0.25, 0.3) is 0 Å². The Hall–Kier alpha value is -1.12. The maximum absolute atomic E-state index is 12.4. The second-order valence-electron chi connectivity index (χ2n) is 2.95. The molecule has 0 saturated carbocycles. The summed E-state index contributed by atoms with van der Waals surface area (Å²) < 4.78 is 66.8. The average molecular weight is 256 g/mol. The summed E-state index contributed by atoms with van der Waals surface area (Å²) in [6, 6.07) is 3.56. The van der Waals surface area contributed by atoms with E-state index in [1.54, 1.807) is 0 Å². The molecular weight excluding hydrogens is 249 g/mol. The maximum Gasteiger partial charge on any atom is 0.416 e. The van der Waals surface area contributed by atoms with Gasteiger partial charge >= 0.3 is 6.18 Å². The zero-order valence-electron chi connectivity index (χ0n) is 7.64. The first-order valence-corrected chi connectivity index (χ1v) is 5.45. The van der Waals surface area contributed by atoms with E-state index in [1.807, 2.05) is 0 Å². The molecular formula is C8H7F3O4S. The van der Waals surface area contributed by atoms with Crippen molar-refractivity contribution in [3.05, 3.63) is 35.4 Å². The minimum atomic E-state index is -4.98. The van der Waals surface area contributed by atoms with Gasteiger partial charge in [-0.1, -0.05) is 18.2 Å². The van der Waals surface area contributed by atoms with Gasteiger partial charge in [0, 0.05) is 5.56 Å². The van der Waals surface area contributed by atoms with Gasteiger partial charge in [-0.05, 0) is 6.07 Å². The highest BCUT2D eigenvalue weighted by molar-refractivity contribution is 7.85. The lowest BCUT2D eigenvalue weighted by atomic mass is 10.1. The first kappa shape index (κ1) is 12.9. The molecule has 1 atom stereocenters. The van der Waals surface area contributed by atoms with E-state index in [1.165, 1.54) is 0 Å². The molecule has 0 amide bonds. The molecule has 0 aliphatic heterocycles. The highest BCUT2D eigenvalue weighted by Crippen LogP contribution is 2.35. The molecule has 1 unspecified atom stereocenters. The van der Waals surface area contributed by atoms with Gasteiger partial charge in [0.1, 0.15) is 0 Å². The van der Waals surface area contributed by atoms with E-state index < -0.39 is 32.9 Å². The van der Waals surface area contributed by atoms with Crippen LogP contribution in [0.2, 0.25) is 0 Å². The Kier molecular flexibility index (Phi) is 3.27. The van der Waals surface area contributed by atoms with Crippen molar-refractivity contribution in [2.24, 2.45) is 0 Å². The van der Waals surface area contributed by atoms with Gasteiger partial charge in [0.25, 0.3) is 10.1 Å². The minimum Gasteiger partial charge on any atom is -0.371 e. The minimum absolute atomic E-state index is 0.615.